The van der Waals surface area contributed by atoms with E-state index in [0.29, 0.717) is 6.04 Å². The lowest BCUT2D eigenvalue weighted by Gasteiger charge is -2.33. The van der Waals surface area contributed by atoms with Crippen molar-refractivity contribution in [2.75, 3.05) is 19.8 Å². The van der Waals surface area contributed by atoms with E-state index in [2.05, 4.69) is 16.5 Å². The Morgan fingerprint density at radius 2 is 2.44 bits per heavy atom. The molecule has 0 aromatic rings. The van der Waals surface area contributed by atoms with E-state index in [1.165, 1.54) is 0 Å². The molecular weight excluding hydrogens is 116 g/mol. The second kappa shape index (κ2) is 2.01. The van der Waals surface area contributed by atoms with E-state index in [1.807, 2.05) is 6.20 Å². The van der Waals surface area contributed by atoms with Gasteiger partial charge in [0.25, 0.3) is 0 Å². The van der Waals surface area contributed by atoms with Crippen LogP contribution in [0.2, 0.25) is 0 Å². The average Bonchev–Trinajstić information content (AvgIpc) is 2.11. The third-order valence-electron chi connectivity index (χ3n) is 1.72. The predicted molar refractivity (Wildman–Crippen MR) is 33.6 cm³/mol. The van der Waals surface area contributed by atoms with Crippen LogP contribution in [0, 0.1) is 0 Å². The summed E-state index contributed by atoms with van der Waals surface area (Å²) in [6.45, 7) is 2.79. The van der Waals surface area contributed by atoms with Crippen molar-refractivity contribution >= 4 is 0 Å². The molecule has 1 saturated heterocycles. The standard InChI is InChI=1S/C6H10N2O/c1-2-7-8(3-1)6-4-9-5-6/h1-2,6-7H,3-5H2. The van der Waals surface area contributed by atoms with Gasteiger partial charge < -0.3 is 10.2 Å². The molecule has 0 aromatic heterocycles. The molecule has 0 atom stereocenters. The van der Waals surface area contributed by atoms with Crippen molar-refractivity contribution < 1.29 is 4.74 Å². The molecule has 2 aliphatic heterocycles. The van der Waals surface area contributed by atoms with Crippen LogP contribution >= 0.6 is 0 Å². The largest absolute Gasteiger partial charge is 0.378 e. The number of hydrogen-bond acceptors (Lipinski definition) is 3. The van der Waals surface area contributed by atoms with Gasteiger partial charge in [-0.1, -0.05) is 6.08 Å². The second-order valence-electron chi connectivity index (χ2n) is 2.38. The molecule has 0 amide bonds. The Labute approximate surface area is 54.3 Å². The van der Waals surface area contributed by atoms with Gasteiger partial charge in [0.2, 0.25) is 0 Å². The molecule has 0 bridgehead atoms. The van der Waals surface area contributed by atoms with Crippen LogP contribution in [0.25, 0.3) is 0 Å². The molecule has 9 heavy (non-hydrogen) atoms. The summed E-state index contributed by atoms with van der Waals surface area (Å²) >= 11 is 0. The zero-order valence-corrected chi connectivity index (χ0v) is 5.21. The van der Waals surface area contributed by atoms with Crippen molar-refractivity contribution in [3.63, 3.8) is 0 Å². The first-order valence-electron chi connectivity index (χ1n) is 3.22. The van der Waals surface area contributed by atoms with E-state index in [-0.39, 0.29) is 0 Å². The maximum atomic E-state index is 5.04. The summed E-state index contributed by atoms with van der Waals surface area (Å²) in [5.74, 6) is 0. The first-order chi connectivity index (χ1) is 4.47. The van der Waals surface area contributed by atoms with E-state index >= 15 is 0 Å². The van der Waals surface area contributed by atoms with Crippen LogP contribution < -0.4 is 5.43 Å². The predicted octanol–water partition coefficient (Wildman–Crippen LogP) is -0.281. The maximum absolute atomic E-state index is 5.04. The number of rotatable bonds is 1. The highest BCUT2D eigenvalue weighted by Gasteiger charge is 2.25. The van der Waals surface area contributed by atoms with E-state index in [9.17, 15) is 0 Å². The summed E-state index contributed by atoms with van der Waals surface area (Å²) < 4.78 is 5.04. The lowest BCUT2D eigenvalue weighted by atomic mass is 10.2. The zero-order chi connectivity index (χ0) is 6.10. The van der Waals surface area contributed by atoms with E-state index in [4.69, 9.17) is 4.74 Å². The molecule has 2 rings (SSSR count). The van der Waals surface area contributed by atoms with Crippen molar-refractivity contribution in [2.45, 2.75) is 6.04 Å². The van der Waals surface area contributed by atoms with Crippen molar-refractivity contribution in [2.24, 2.45) is 0 Å². The fraction of sp³-hybridized carbons (Fsp3) is 0.667. The minimum atomic E-state index is 0.611. The van der Waals surface area contributed by atoms with Crippen molar-refractivity contribution in [1.82, 2.24) is 10.4 Å². The highest BCUT2D eigenvalue weighted by Crippen LogP contribution is 2.09. The molecule has 0 spiro atoms. The molecule has 2 heterocycles. The van der Waals surface area contributed by atoms with Crippen LogP contribution in [-0.4, -0.2) is 30.8 Å². The first kappa shape index (κ1) is 5.26. The summed E-state index contributed by atoms with van der Waals surface area (Å²) in [6, 6.07) is 0.611. The summed E-state index contributed by atoms with van der Waals surface area (Å²) in [7, 11) is 0. The Morgan fingerprint density at radius 3 is 2.89 bits per heavy atom. The molecule has 1 fully saturated rings. The van der Waals surface area contributed by atoms with Gasteiger partial charge >= 0.3 is 0 Å². The Morgan fingerprint density at radius 1 is 1.56 bits per heavy atom. The third kappa shape index (κ3) is 0.821. The maximum Gasteiger partial charge on any atom is 0.0761 e. The van der Waals surface area contributed by atoms with Gasteiger partial charge in [-0.25, -0.2) is 5.01 Å². The first-order valence-corrected chi connectivity index (χ1v) is 3.22. The molecule has 0 aromatic carbocycles. The molecule has 1 N–H and O–H groups in total. The van der Waals surface area contributed by atoms with Crippen molar-refractivity contribution in [3.8, 4) is 0 Å². The van der Waals surface area contributed by atoms with Crippen molar-refractivity contribution in [3.05, 3.63) is 12.3 Å². The second-order valence-corrected chi connectivity index (χ2v) is 2.38. The van der Waals surface area contributed by atoms with Gasteiger partial charge in [0, 0.05) is 12.7 Å². The molecule has 3 nitrogen and oxygen atoms in total. The molecule has 50 valence electrons. The van der Waals surface area contributed by atoms with Crippen LogP contribution in [0.5, 0.6) is 0 Å². The Balaban J connectivity index is 1.85. The summed E-state index contributed by atoms with van der Waals surface area (Å²) in [4.78, 5) is 0. The number of nitrogens with one attached hydrogen (secondary N) is 1. The SMILES string of the molecule is C1=CNN(C2COC2)C1. The highest BCUT2D eigenvalue weighted by molar-refractivity contribution is 4.92. The number of nitrogens with zero attached hydrogens (tertiary/aromatic N) is 1. The molecule has 2 aliphatic rings. The van der Waals surface area contributed by atoms with Crippen LogP contribution in [0.15, 0.2) is 12.3 Å². The smallest absolute Gasteiger partial charge is 0.0761 e. The van der Waals surface area contributed by atoms with E-state index in [1.54, 1.807) is 0 Å². The Hall–Kier alpha value is -0.540. The van der Waals surface area contributed by atoms with Gasteiger partial charge in [-0.15, -0.1) is 0 Å². The Kier molecular flexibility index (Phi) is 1.17. The molecule has 0 aliphatic carbocycles. The van der Waals surface area contributed by atoms with Gasteiger partial charge in [0.15, 0.2) is 0 Å². The molecule has 0 saturated carbocycles. The van der Waals surface area contributed by atoms with Gasteiger partial charge in [-0.05, 0) is 0 Å². The minimum absolute atomic E-state index is 0.611. The molecular formula is C6H10N2O. The van der Waals surface area contributed by atoms with Gasteiger partial charge in [-0.3, -0.25) is 0 Å². The van der Waals surface area contributed by atoms with Gasteiger partial charge in [0.05, 0.1) is 19.3 Å². The zero-order valence-electron chi connectivity index (χ0n) is 5.21. The highest BCUT2D eigenvalue weighted by atomic mass is 16.5. The molecule has 0 radical (unpaired) electrons. The average molecular weight is 126 g/mol. The fourth-order valence-corrected chi connectivity index (χ4v) is 1.03. The van der Waals surface area contributed by atoms with Crippen LogP contribution in [-0.2, 0) is 4.74 Å². The van der Waals surface area contributed by atoms with Gasteiger partial charge in [-0.2, -0.15) is 0 Å². The van der Waals surface area contributed by atoms with E-state index < -0.39 is 0 Å². The number of hydrogen-bond donors (Lipinski definition) is 1. The lowest BCUT2D eigenvalue weighted by molar-refractivity contribution is -0.0701. The topological polar surface area (TPSA) is 24.5 Å². The lowest BCUT2D eigenvalue weighted by Crippen LogP contribution is -2.51. The summed E-state index contributed by atoms with van der Waals surface area (Å²) in [6.07, 6.45) is 4.08. The van der Waals surface area contributed by atoms with Crippen LogP contribution in [0.1, 0.15) is 0 Å². The Bertz CT molecular complexity index is 123. The van der Waals surface area contributed by atoms with Crippen LogP contribution in [0.4, 0.5) is 0 Å². The van der Waals surface area contributed by atoms with Crippen molar-refractivity contribution in [1.29, 1.82) is 0 Å². The summed E-state index contributed by atoms with van der Waals surface area (Å²) in [5.41, 5.74) is 3.13. The normalized spacial score (nSPS) is 28.0. The fourth-order valence-electron chi connectivity index (χ4n) is 1.03. The minimum Gasteiger partial charge on any atom is -0.378 e. The molecule has 3 heteroatoms. The summed E-state index contributed by atoms with van der Waals surface area (Å²) in [5, 5.41) is 2.18. The molecule has 0 unspecified atom stereocenters. The van der Waals surface area contributed by atoms with Gasteiger partial charge in [0.1, 0.15) is 0 Å². The van der Waals surface area contributed by atoms with E-state index in [0.717, 1.165) is 19.8 Å². The number of ether oxygens (including phenoxy) is 1. The van der Waals surface area contributed by atoms with Crippen LogP contribution in [0.3, 0.4) is 0 Å². The number of hydrazine groups is 1. The third-order valence-corrected chi connectivity index (χ3v) is 1.72. The quantitative estimate of drug-likeness (QED) is 0.523. The monoisotopic (exact) mass is 126 g/mol.